The molecule has 15 heavy (non-hydrogen) atoms. The summed E-state index contributed by atoms with van der Waals surface area (Å²) < 4.78 is 0. The fourth-order valence-electron chi connectivity index (χ4n) is 4.08. The second-order valence-electron chi connectivity index (χ2n) is 6.54. The Bertz CT molecular complexity index is 247. The minimum Gasteiger partial charge on any atom is -0.390 e. The Balaban J connectivity index is 2.25. The van der Waals surface area contributed by atoms with Crippen LogP contribution in [0.4, 0.5) is 0 Å². The molecule has 2 aliphatic carbocycles. The second kappa shape index (κ2) is 3.63. The molecule has 1 nitrogen and oxygen atoms in total. The largest absolute Gasteiger partial charge is 0.390 e. The Kier molecular flexibility index (Phi) is 2.84. The van der Waals surface area contributed by atoms with E-state index in [0.29, 0.717) is 11.8 Å². The van der Waals surface area contributed by atoms with Gasteiger partial charge in [0.15, 0.2) is 0 Å². The summed E-state index contributed by atoms with van der Waals surface area (Å²) in [6, 6.07) is 0. The molecule has 0 aliphatic heterocycles. The first-order valence-electron chi connectivity index (χ1n) is 6.20. The van der Waals surface area contributed by atoms with Gasteiger partial charge in [-0.05, 0) is 42.9 Å². The third-order valence-electron chi connectivity index (χ3n) is 4.56. The van der Waals surface area contributed by atoms with E-state index in [1.54, 1.807) is 0 Å². The highest BCUT2D eigenvalue weighted by Gasteiger charge is 2.52. The summed E-state index contributed by atoms with van der Waals surface area (Å²) >= 11 is 6.30. The highest BCUT2D eigenvalue weighted by molar-refractivity contribution is 6.20. The molecule has 2 heteroatoms. The summed E-state index contributed by atoms with van der Waals surface area (Å²) in [4.78, 5) is 0. The SMILES string of the molecule is C[C@@H]1CC[C@H]2C(C)(C)C[C@H](Cl)C[C@]2(O)C1. The molecular weight excluding hydrogens is 208 g/mol. The van der Waals surface area contributed by atoms with Crippen LogP contribution in [0.2, 0.25) is 0 Å². The number of hydrogen-bond donors (Lipinski definition) is 1. The van der Waals surface area contributed by atoms with Crippen LogP contribution in [-0.2, 0) is 0 Å². The van der Waals surface area contributed by atoms with Gasteiger partial charge in [-0.3, -0.25) is 0 Å². The molecule has 2 rings (SSSR count). The van der Waals surface area contributed by atoms with Crippen LogP contribution in [-0.4, -0.2) is 16.1 Å². The molecule has 0 spiro atoms. The zero-order valence-corrected chi connectivity index (χ0v) is 10.8. The summed E-state index contributed by atoms with van der Waals surface area (Å²) in [5.74, 6) is 1.11. The Hall–Kier alpha value is 0.250. The first-order chi connectivity index (χ1) is 6.83. The Morgan fingerprint density at radius 3 is 2.47 bits per heavy atom. The van der Waals surface area contributed by atoms with E-state index in [2.05, 4.69) is 20.8 Å². The average Bonchev–Trinajstić information content (AvgIpc) is 1.97. The van der Waals surface area contributed by atoms with Crippen molar-refractivity contribution >= 4 is 11.6 Å². The van der Waals surface area contributed by atoms with Crippen molar-refractivity contribution in [1.82, 2.24) is 0 Å². The molecule has 0 aromatic rings. The second-order valence-corrected chi connectivity index (χ2v) is 7.15. The first kappa shape index (κ1) is 11.7. The van der Waals surface area contributed by atoms with Gasteiger partial charge in [0.1, 0.15) is 0 Å². The molecule has 0 heterocycles. The van der Waals surface area contributed by atoms with Crippen LogP contribution in [0.1, 0.15) is 52.9 Å². The van der Waals surface area contributed by atoms with Gasteiger partial charge in [-0.1, -0.05) is 27.2 Å². The first-order valence-corrected chi connectivity index (χ1v) is 6.63. The van der Waals surface area contributed by atoms with Crippen molar-refractivity contribution in [3.05, 3.63) is 0 Å². The molecule has 2 saturated carbocycles. The quantitative estimate of drug-likeness (QED) is 0.631. The summed E-state index contributed by atoms with van der Waals surface area (Å²) in [6.07, 6.45) is 5.24. The lowest BCUT2D eigenvalue weighted by atomic mass is 9.55. The molecule has 0 amide bonds. The number of hydrogen-bond acceptors (Lipinski definition) is 1. The van der Waals surface area contributed by atoms with Gasteiger partial charge >= 0.3 is 0 Å². The monoisotopic (exact) mass is 230 g/mol. The van der Waals surface area contributed by atoms with Crippen LogP contribution < -0.4 is 0 Å². The van der Waals surface area contributed by atoms with E-state index in [9.17, 15) is 5.11 Å². The van der Waals surface area contributed by atoms with Gasteiger partial charge < -0.3 is 5.11 Å². The van der Waals surface area contributed by atoms with Crippen LogP contribution >= 0.6 is 11.6 Å². The molecule has 0 unspecified atom stereocenters. The maximum atomic E-state index is 10.8. The number of rotatable bonds is 0. The number of fused-ring (bicyclic) bond motifs is 1. The summed E-state index contributed by atoms with van der Waals surface area (Å²) in [5, 5.41) is 10.9. The molecule has 4 atom stereocenters. The lowest BCUT2D eigenvalue weighted by Gasteiger charge is -2.54. The van der Waals surface area contributed by atoms with E-state index < -0.39 is 5.60 Å². The van der Waals surface area contributed by atoms with Crippen LogP contribution in [0, 0.1) is 17.3 Å². The zero-order chi connectivity index (χ0) is 11.3. The molecule has 2 aliphatic rings. The predicted molar refractivity (Wildman–Crippen MR) is 64.1 cm³/mol. The van der Waals surface area contributed by atoms with Crippen LogP contribution in [0.25, 0.3) is 0 Å². The van der Waals surface area contributed by atoms with Crippen molar-refractivity contribution in [2.45, 2.75) is 63.9 Å². The maximum Gasteiger partial charge on any atom is 0.0697 e. The lowest BCUT2D eigenvalue weighted by Crippen LogP contribution is -2.55. The molecule has 0 aromatic heterocycles. The Morgan fingerprint density at radius 1 is 1.13 bits per heavy atom. The standard InChI is InChI=1S/C13H23ClO/c1-9-4-5-11-12(2,3)7-10(14)8-13(11,15)6-9/h9-11,15H,4-8H2,1-3H3/t9-,10+,11+,13-/m1/s1. The van der Waals surface area contributed by atoms with Gasteiger partial charge in [-0.25, -0.2) is 0 Å². The van der Waals surface area contributed by atoms with Crippen molar-refractivity contribution < 1.29 is 5.11 Å². The van der Waals surface area contributed by atoms with Crippen LogP contribution in [0.15, 0.2) is 0 Å². The number of halogens is 1. The van der Waals surface area contributed by atoms with E-state index >= 15 is 0 Å². The average molecular weight is 231 g/mol. The van der Waals surface area contributed by atoms with Crippen molar-refractivity contribution in [3.63, 3.8) is 0 Å². The highest BCUT2D eigenvalue weighted by atomic mass is 35.5. The molecule has 2 fully saturated rings. The van der Waals surface area contributed by atoms with Crippen LogP contribution in [0.5, 0.6) is 0 Å². The fraction of sp³-hybridized carbons (Fsp3) is 1.00. The molecule has 0 aromatic carbocycles. The molecule has 88 valence electrons. The number of aliphatic hydroxyl groups is 1. The number of alkyl halides is 1. The summed E-state index contributed by atoms with van der Waals surface area (Å²) in [5.41, 5.74) is -0.272. The van der Waals surface area contributed by atoms with Gasteiger partial charge in [0, 0.05) is 5.38 Å². The van der Waals surface area contributed by atoms with Gasteiger partial charge in [-0.2, -0.15) is 0 Å². The molecule has 0 radical (unpaired) electrons. The summed E-state index contributed by atoms with van der Waals surface area (Å²) in [7, 11) is 0. The van der Waals surface area contributed by atoms with Gasteiger partial charge in [0.2, 0.25) is 0 Å². The summed E-state index contributed by atoms with van der Waals surface area (Å²) in [6.45, 7) is 6.79. The van der Waals surface area contributed by atoms with Gasteiger partial charge in [0.25, 0.3) is 0 Å². The topological polar surface area (TPSA) is 20.2 Å². The molecule has 0 saturated heterocycles. The minimum absolute atomic E-state index is 0.159. The van der Waals surface area contributed by atoms with Crippen molar-refractivity contribution in [3.8, 4) is 0 Å². The Labute approximate surface area is 98.2 Å². The lowest BCUT2D eigenvalue weighted by molar-refractivity contribution is -0.134. The van der Waals surface area contributed by atoms with Gasteiger partial charge in [0.05, 0.1) is 5.60 Å². The molecule has 0 bridgehead atoms. The van der Waals surface area contributed by atoms with E-state index in [4.69, 9.17) is 11.6 Å². The fourth-order valence-corrected chi connectivity index (χ4v) is 4.74. The Morgan fingerprint density at radius 2 is 1.80 bits per heavy atom. The molecular formula is C13H23ClO. The van der Waals surface area contributed by atoms with Crippen LogP contribution in [0.3, 0.4) is 0 Å². The third kappa shape index (κ3) is 2.06. The maximum absolute atomic E-state index is 10.8. The third-order valence-corrected chi connectivity index (χ3v) is 4.87. The van der Waals surface area contributed by atoms with Gasteiger partial charge in [-0.15, -0.1) is 11.6 Å². The van der Waals surface area contributed by atoms with E-state index in [-0.39, 0.29) is 10.8 Å². The minimum atomic E-state index is -0.480. The predicted octanol–water partition coefficient (Wildman–Crippen LogP) is 3.58. The highest BCUT2D eigenvalue weighted by Crippen LogP contribution is 2.54. The smallest absolute Gasteiger partial charge is 0.0697 e. The van der Waals surface area contributed by atoms with Crippen molar-refractivity contribution in [1.29, 1.82) is 0 Å². The van der Waals surface area contributed by atoms with E-state index in [0.717, 1.165) is 19.3 Å². The molecule has 1 N–H and O–H groups in total. The van der Waals surface area contributed by atoms with Crippen molar-refractivity contribution in [2.24, 2.45) is 17.3 Å². The zero-order valence-electron chi connectivity index (χ0n) is 10.1. The van der Waals surface area contributed by atoms with E-state index in [1.165, 1.54) is 12.8 Å². The van der Waals surface area contributed by atoms with Crippen molar-refractivity contribution in [2.75, 3.05) is 0 Å². The van der Waals surface area contributed by atoms with E-state index in [1.807, 2.05) is 0 Å². The normalized spacial score (nSPS) is 49.8.